The number of likely N-dealkylation sites (N-methyl/N-ethyl adjacent to an activating group) is 1. The van der Waals surface area contributed by atoms with Crippen molar-refractivity contribution < 1.29 is 4.79 Å². The summed E-state index contributed by atoms with van der Waals surface area (Å²) in [6.07, 6.45) is 7.99. The van der Waals surface area contributed by atoms with Gasteiger partial charge in [-0.2, -0.15) is 0 Å². The summed E-state index contributed by atoms with van der Waals surface area (Å²) >= 11 is 0. The van der Waals surface area contributed by atoms with Gasteiger partial charge in [-0.25, -0.2) is 0 Å². The molecular weight excluding hydrogens is 537 g/mol. The third-order valence-electron chi connectivity index (χ3n) is 7.79. The molecule has 0 radical (unpaired) electrons. The SMILES string of the molecule is CN(C)CCN(Cc1ccc(-c2ccccc2)c(CNCCc2ccccc2)c1)C(=O)CCC1CCCC1.Cl.Cl. The van der Waals surface area contributed by atoms with E-state index in [0.29, 0.717) is 18.9 Å². The minimum Gasteiger partial charge on any atom is -0.337 e. The second kappa shape index (κ2) is 18.1. The zero-order valence-electron chi connectivity index (χ0n) is 24.2. The van der Waals surface area contributed by atoms with Gasteiger partial charge in [-0.05, 0) is 67.2 Å². The van der Waals surface area contributed by atoms with Crippen molar-refractivity contribution >= 4 is 30.7 Å². The van der Waals surface area contributed by atoms with Crippen molar-refractivity contribution in [2.45, 2.75) is 58.0 Å². The van der Waals surface area contributed by atoms with Crippen LogP contribution in [0, 0.1) is 5.92 Å². The number of hydrogen-bond acceptors (Lipinski definition) is 3. The molecule has 4 nitrogen and oxygen atoms in total. The molecule has 1 aliphatic carbocycles. The molecule has 1 saturated carbocycles. The summed E-state index contributed by atoms with van der Waals surface area (Å²) < 4.78 is 0. The van der Waals surface area contributed by atoms with Crippen LogP contribution >= 0.6 is 24.8 Å². The number of benzene rings is 3. The second-order valence-electron chi connectivity index (χ2n) is 11.1. The number of nitrogens with zero attached hydrogens (tertiary/aromatic N) is 2. The summed E-state index contributed by atoms with van der Waals surface area (Å²) in [7, 11) is 4.16. The van der Waals surface area contributed by atoms with Gasteiger partial charge in [-0.15, -0.1) is 24.8 Å². The Balaban J connectivity index is 0.00000280. The lowest BCUT2D eigenvalue weighted by molar-refractivity contribution is -0.132. The van der Waals surface area contributed by atoms with Crippen molar-refractivity contribution in [1.82, 2.24) is 15.1 Å². The largest absolute Gasteiger partial charge is 0.337 e. The lowest BCUT2D eigenvalue weighted by Crippen LogP contribution is -2.36. The standard InChI is InChI=1S/C34H45N3O.2ClH/c1-36(2)23-24-37(34(38)20-18-28-13-9-10-14-28)27-30-17-19-33(31-15-7-4-8-16-31)32(25-30)26-35-22-21-29-11-5-3-6-12-29;;/h3-8,11-12,15-17,19,25,28,35H,9-10,13-14,18,20-24,26-27H2,1-2H3;2*1H. The molecule has 0 unspecified atom stereocenters. The average Bonchev–Trinajstić information content (AvgIpc) is 3.47. The van der Waals surface area contributed by atoms with Gasteiger partial charge in [0.25, 0.3) is 0 Å². The molecule has 6 heteroatoms. The van der Waals surface area contributed by atoms with E-state index in [1.54, 1.807) is 0 Å². The van der Waals surface area contributed by atoms with E-state index in [0.717, 1.165) is 44.9 Å². The van der Waals surface area contributed by atoms with Crippen molar-refractivity contribution in [3.05, 3.63) is 95.6 Å². The fourth-order valence-corrected chi connectivity index (χ4v) is 5.51. The zero-order valence-corrected chi connectivity index (χ0v) is 25.8. The molecule has 40 heavy (non-hydrogen) atoms. The number of carbonyl (C=O) groups excluding carboxylic acids is 1. The summed E-state index contributed by atoms with van der Waals surface area (Å²) in [5.74, 6) is 1.04. The fraction of sp³-hybridized carbons (Fsp3) is 0.441. The van der Waals surface area contributed by atoms with Crippen LogP contribution in [-0.4, -0.2) is 49.4 Å². The predicted octanol–water partition coefficient (Wildman–Crippen LogP) is 7.39. The Morgan fingerprint density at radius 2 is 1.52 bits per heavy atom. The molecular formula is C34H47Cl2N3O. The molecule has 1 fully saturated rings. The van der Waals surface area contributed by atoms with Crippen LogP contribution < -0.4 is 5.32 Å². The van der Waals surface area contributed by atoms with Crippen molar-refractivity contribution in [2.24, 2.45) is 5.92 Å². The Morgan fingerprint density at radius 1 is 0.850 bits per heavy atom. The van der Waals surface area contributed by atoms with Gasteiger partial charge in [0.2, 0.25) is 5.91 Å². The van der Waals surface area contributed by atoms with E-state index in [-0.39, 0.29) is 24.8 Å². The minimum atomic E-state index is 0. The Labute approximate surface area is 254 Å². The first-order valence-electron chi connectivity index (χ1n) is 14.4. The number of hydrogen-bond donors (Lipinski definition) is 1. The highest BCUT2D eigenvalue weighted by Crippen LogP contribution is 2.29. The highest BCUT2D eigenvalue weighted by Gasteiger charge is 2.20. The predicted molar refractivity (Wildman–Crippen MR) is 173 cm³/mol. The van der Waals surface area contributed by atoms with Crippen LogP contribution in [0.1, 0.15) is 55.2 Å². The van der Waals surface area contributed by atoms with Gasteiger partial charge in [0, 0.05) is 32.6 Å². The third-order valence-corrected chi connectivity index (χ3v) is 7.79. The summed E-state index contributed by atoms with van der Waals surface area (Å²) in [4.78, 5) is 17.6. The lowest BCUT2D eigenvalue weighted by atomic mass is 9.97. The van der Waals surface area contributed by atoms with Crippen LogP contribution in [0.5, 0.6) is 0 Å². The molecule has 3 aromatic rings. The van der Waals surface area contributed by atoms with Gasteiger partial charge in [-0.3, -0.25) is 4.79 Å². The van der Waals surface area contributed by atoms with Crippen LogP contribution in [0.3, 0.4) is 0 Å². The van der Waals surface area contributed by atoms with Gasteiger partial charge >= 0.3 is 0 Å². The fourth-order valence-electron chi connectivity index (χ4n) is 5.51. The topological polar surface area (TPSA) is 35.6 Å². The van der Waals surface area contributed by atoms with Crippen LogP contribution in [0.15, 0.2) is 78.9 Å². The van der Waals surface area contributed by atoms with Crippen LogP contribution in [-0.2, 0) is 24.3 Å². The Bertz CT molecular complexity index is 1120. The average molecular weight is 585 g/mol. The molecule has 0 saturated heterocycles. The van der Waals surface area contributed by atoms with Crippen molar-refractivity contribution in [1.29, 1.82) is 0 Å². The number of rotatable bonds is 14. The Morgan fingerprint density at radius 3 is 2.20 bits per heavy atom. The van der Waals surface area contributed by atoms with Crippen LogP contribution in [0.25, 0.3) is 11.1 Å². The van der Waals surface area contributed by atoms with Gasteiger partial charge < -0.3 is 15.1 Å². The van der Waals surface area contributed by atoms with Gasteiger partial charge in [0.05, 0.1) is 0 Å². The summed E-state index contributed by atoms with van der Waals surface area (Å²) in [6.45, 7) is 4.05. The quantitative estimate of drug-likeness (QED) is 0.201. The first-order chi connectivity index (χ1) is 18.6. The lowest BCUT2D eigenvalue weighted by Gasteiger charge is -2.26. The molecule has 218 valence electrons. The zero-order chi connectivity index (χ0) is 26.6. The van der Waals surface area contributed by atoms with Gasteiger partial charge in [0.1, 0.15) is 0 Å². The maximum atomic E-state index is 13.3. The summed E-state index contributed by atoms with van der Waals surface area (Å²) in [6, 6.07) is 28.0. The van der Waals surface area contributed by atoms with Crippen LogP contribution in [0.2, 0.25) is 0 Å². The van der Waals surface area contributed by atoms with E-state index in [1.165, 1.54) is 53.5 Å². The molecule has 0 aliphatic heterocycles. The monoisotopic (exact) mass is 583 g/mol. The van der Waals surface area contributed by atoms with E-state index >= 15 is 0 Å². The van der Waals surface area contributed by atoms with E-state index in [4.69, 9.17) is 0 Å². The molecule has 0 atom stereocenters. The molecule has 1 N–H and O–H groups in total. The normalized spacial score (nSPS) is 13.1. The molecule has 1 aliphatic rings. The Kier molecular flexibility index (Phi) is 15.3. The molecule has 1 amide bonds. The molecule has 4 rings (SSSR count). The maximum Gasteiger partial charge on any atom is 0.222 e. The van der Waals surface area contributed by atoms with Crippen molar-refractivity contribution in [3.63, 3.8) is 0 Å². The smallest absolute Gasteiger partial charge is 0.222 e. The minimum absolute atomic E-state index is 0. The molecule has 0 aromatic heterocycles. The number of halogens is 2. The number of nitrogens with one attached hydrogen (secondary N) is 1. The Hall–Kier alpha value is -2.37. The maximum absolute atomic E-state index is 13.3. The van der Waals surface area contributed by atoms with Gasteiger partial charge in [0.15, 0.2) is 0 Å². The first-order valence-corrected chi connectivity index (χ1v) is 14.4. The second-order valence-corrected chi connectivity index (χ2v) is 11.1. The highest BCUT2D eigenvalue weighted by atomic mass is 35.5. The van der Waals surface area contributed by atoms with E-state index < -0.39 is 0 Å². The van der Waals surface area contributed by atoms with Crippen molar-refractivity contribution in [3.8, 4) is 11.1 Å². The first kappa shape index (κ1) is 33.8. The number of amides is 1. The van der Waals surface area contributed by atoms with E-state index in [1.807, 2.05) is 0 Å². The molecule has 0 spiro atoms. The van der Waals surface area contributed by atoms with Gasteiger partial charge in [-0.1, -0.05) is 105 Å². The molecule has 0 heterocycles. The number of carbonyl (C=O) groups is 1. The summed E-state index contributed by atoms with van der Waals surface area (Å²) in [5.41, 5.74) is 6.33. The molecule has 3 aromatic carbocycles. The van der Waals surface area contributed by atoms with E-state index in [2.05, 4.69) is 108 Å². The third kappa shape index (κ3) is 10.9. The van der Waals surface area contributed by atoms with Crippen LogP contribution in [0.4, 0.5) is 0 Å². The highest BCUT2D eigenvalue weighted by molar-refractivity contribution is 5.85. The van der Waals surface area contributed by atoms with E-state index in [9.17, 15) is 4.79 Å². The van der Waals surface area contributed by atoms with Crippen molar-refractivity contribution in [2.75, 3.05) is 33.7 Å². The molecule has 0 bridgehead atoms. The summed E-state index contributed by atoms with van der Waals surface area (Å²) in [5, 5.41) is 3.67.